The monoisotopic (exact) mass is 439 g/mol. The molecule has 1 rings (SSSR count). The topological polar surface area (TPSA) is 99.2 Å². The SMILES string of the molecule is CCOC(=O)/C(C)=C/[C@H](C(C)C)N(C)C(=O)[C@@H](NC(=O)C1C[C@@H](O)CN1C)C(C)(C)C. The molecule has 1 heterocycles. The van der Waals surface area contributed by atoms with E-state index in [-0.39, 0.29) is 30.4 Å². The van der Waals surface area contributed by atoms with Crippen molar-refractivity contribution in [2.24, 2.45) is 11.3 Å². The van der Waals surface area contributed by atoms with Gasteiger partial charge in [0.2, 0.25) is 11.8 Å². The van der Waals surface area contributed by atoms with Gasteiger partial charge in [-0.1, -0.05) is 40.7 Å². The summed E-state index contributed by atoms with van der Waals surface area (Å²) in [5, 5.41) is 12.8. The predicted molar refractivity (Wildman–Crippen MR) is 120 cm³/mol. The normalized spacial score (nSPS) is 22.2. The van der Waals surface area contributed by atoms with Gasteiger partial charge in [0, 0.05) is 19.2 Å². The van der Waals surface area contributed by atoms with Crippen LogP contribution in [-0.4, -0.2) is 84.2 Å². The fourth-order valence-corrected chi connectivity index (χ4v) is 3.84. The average molecular weight is 440 g/mol. The lowest BCUT2D eigenvalue weighted by Crippen LogP contribution is -2.58. The number of rotatable bonds is 8. The number of esters is 1. The van der Waals surface area contributed by atoms with E-state index >= 15 is 0 Å². The number of aliphatic hydroxyl groups is 1. The maximum Gasteiger partial charge on any atom is 0.333 e. The Morgan fingerprint density at radius 2 is 1.87 bits per heavy atom. The van der Waals surface area contributed by atoms with Crippen molar-refractivity contribution in [2.75, 3.05) is 27.2 Å². The molecule has 0 aromatic rings. The van der Waals surface area contributed by atoms with Crippen LogP contribution >= 0.6 is 0 Å². The number of nitrogens with one attached hydrogen (secondary N) is 1. The van der Waals surface area contributed by atoms with Gasteiger partial charge >= 0.3 is 5.97 Å². The van der Waals surface area contributed by atoms with E-state index in [1.54, 1.807) is 43.8 Å². The van der Waals surface area contributed by atoms with Gasteiger partial charge in [-0.2, -0.15) is 0 Å². The Labute approximate surface area is 187 Å². The molecule has 31 heavy (non-hydrogen) atoms. The Morgan fingerprint density at radius 3 is 2.29 bits per heavy atom. The summed E-state index contributed by atoms with van der Waals surface area (Å²) in [5.74, 6) is -0.850. The molecule has 0 spiro atoms. The smallest absolute Gasteiger partial charge is 0.333 e. The van der Waals surface area contributed by atoms with Crippen molar-refractivity contribution in [1.82, 2.24) is 15.1 Å². The number of amides is 2. The van der Waals surface area contributed by atoms with Crippen molar-refractivity contribution in [3.8, 4) is 0 Å². The van der Waals surface area contributed by atoms with Crippen molar-refractivity contribution in [2.45, 2.75) is 79.1 Å². The number of likely N-dealkylation sites (tertiary alicyclic amines) is 1. The molecule has 0 aromatic carbocycles. The van der Waals surface area contributed by atoms with E-state index in [1.807, 2.05) is 34.6 Å². The minimum Gasteiger partial charge on any atom is -0.463 e. The number of hydrogen-bond acceptors (Lipinski definition) is 6. The molecular formula is C23H41N3O5. The first kappa shape index (κ1) is 27.1. The number of carbonyl (C=O) groups excluding carboxylic acids is 3. The largest absolute Gasteiger partial charge is 0.463 e. The van der Waals surface area contributed by atoms with Gasteiger partial charge in [-0.3, -0.25) is 14.5 Å². The third-order valence-electron chi connectivity index (χ3n) is 5.72. The summed E-state index contributed by atoms with van der Waals surface area (Å²) in [6.45, 7) is 13.8. The van der Waals surface area contributed by atoms with E-state index in [1.165, 1.54) is 0 Å². The fourth-order valence-electron chi connectivity index (χ4n) is 3.84. The molecule has 4 atom stereocenters. The van der Waals surface area contributed by atoms with Crippen LogP contribution < -0.4 is 5.32 Å². The third kappa shape index (κ3) is 7.31. The van der Waals surface area contributed by atoms with Crippen LogP contribution in [0.4, 0.5) is 0 Å². The highest BCUT2D eigenvalue weighted by Gasteiger charge is 2.40. The lowest BCUT2D eigenvalue weighted by molar-refractivity contribution is -0.141. The molecule has 1 fully saturated rings. The Morgan fingerprint density at radius 1 is 1.29 bits per heavy atom. The number of nitrogens with zero attached hydrogens (tertiary/aromatic N) is 2. The van der Waals surface area contributed by atoms with Gasteiger partial charge in [0.05, 0.1) is 24.8 Å². The van der Waals surface area contributed by atoms with Gasteiger partial charge in [0.25, 0.3) is 0 Å². The summed E-state index contributed by atoms with van der Waals surface area (Å²) >= 11 is 0. The molecule has 2 amide bonds. The van der Waals surface area contributed by atoms with Crippen molar-refractivity contribution in [3.05, 3.63) is 11.6 Å². The molecule has 1 aliphatic rings. The predicted octanol–water partition coefficient (Wildman–Crippen LogP) is 1.57. The highest BCUT2D eigenvalue weighted by molar-refractivity contribution is 5.91. The van der Waals surface area contributed by atoms with Crippen molar-refractivity contribution >= 4 is 17.8 Å². The second-order valence-corrected chi connectivity index (χ2v) is 9.91. The zero-order valence-corrected chi connectivity index (χ0v) is 20.6. The molecule has 0 aliphatic carbocycles. The van der Waals surface area contributed by atoms with Gasteiger partial charge in [0.1, 0.15) is 6.04 Å². The molecular weight excluding hydrogens is 398 g/mol. The van der Waals surface area contributed by atoms with E-state index < -0.39 is 29.6 Å². The first-order valence-corrected chi connectivity index (χ1v) is 11.0. The lowest BCUT2D eigenvalue weighted by atomic mass is 9.85. The number of likely N-dealkylation sites (N-methyl/N-ethyl adjacent to an activating group) is 2. The fraction of sp³-hybridized carbons (Fsp3) is 0.783. The average Bonchev–Trinajstić information content (AvgIpc) is 2.99. The third-order valence-corrected chi connectivity index (χ3v) is 5.72. The quantitative estimate of drug-likeness (QED) is 0.440. The summed E-state index contributed by atoms with van der Waals surface area (Å²) < 4.78 is 5.06. The summed E-state index contributed by atoms with van der Waals surface area (Å²) in [7, 11) is 3.48. The van der Waals surface area contributed by atoms with Crippen molar-refractivity contribution in [3.63, 3.8) is 0 Å². The van der Waals surface area contributed by atoms with Gasteiger partial charge in [-0.05, 0) is 38.6 Å². The Kier molecular flexibility index (Phi) is 9.69. The molecule has 1 unspecified atom stereocenters. The molecule has 1 aliphatic heterocycles. The maximum atomic E-state index is 13.5. The van der Waals surface area contributed by atoms with E-state index in [9.17, 15) is 19.5 Å². The van der Waals surface area contributed by atoms with Crippen LogP contribution in [0, 0.1) is 11.3 Å². The van der Waals surface area contributed by atoms with Crippen molar-refractivity contribution in [1.29, 1.82) is 0 Å². The Hall–Kier alpha value is -1.93. The van der Waals surface area contributed by atoms with Crippen LogP contribution in [-0.2, 0) is 19.1 Å². The molecule has 178 valence electrons. The molecule has 0 bridgehead atoms. The maximum absolute atomic E-state index is 13.5. The zero-order valence-electron chi connectivity index (χ0n) is 20.6. The van der Waals surface area contributed by atoms with Crippen LogP contribution in [0.1, 0.15) is 54.9 Å². The second kappa shape index (κ2) is 11.1. The van der Waals surface area contributed by atoms with Gasteiger partial charge < -0.3 is 20.1 Å². The molecule has 1 saturated heterocycles. The Balaban J connectivity index is 3.11. The molecule has 0 saturated carbocycles. The lowest BCUT2D eigenvalue weighted by Gasteiger charge is -2.38. The highest BCUT2D eigenvalue weighted by atomic mass is 16.5. The van der Waals surface area contributed by atoms with E-state index in [2.05, 4.69) is 5.32 Å². The van der Waals surface area contributed by atoms with Crippen LogP contribution in [0.3, 0.4) is 0 Å². The molecule has 0 aromatic heterocycles. The summed E-state index contributed by atoms with van der Waals surface area (Å²) in [5.41, 5.74) is -0.0868. The summed E-state index contributed by atoms with van der Waals surface area (Å²) in [4.78, 5) is 41.9. The first-order chi connectivity index (χ1) is 14.2. The van der Waals surface area contributed by atoms with Gasteiger partial charge in [0.15, 0.2) is 0 Å². The standard InChI is InChI=1S/C23H41N3O5/c1-10-31-22(30)15(4)11-17(14(2)3)26(9)21(29)19(23(5,6)7)24-20(28)18-12-16(27)13-25(18)8/h11,14,16-19,27H,10,12-13H2,1-9H3,(H,24,28)/b15-11+/t16-,17-,18?,19-/m1/s1. The van der Waals surface area contributed by atoms with Crippen LogP contribution in [0.25, 0.3) is 0 Å². The zero-order chi connectivity index (χ0) is 24.1. The molecule has 2 N–H and O–H groups in total. The number of ether oxygens (including phenoxy) is 1. The molecule has 8 heteroatoms. The highest BCUT2D eigenvalue weighted by Crippen LogP contribution is 2.25. The Bertz CT molecular complexity index is 683. The first-order valence-electron chi connectivity index (χ1n) is 11.0. The number of carbonyl (C=O) groups is 3. The number of hydrogen-bond donors (Lipinski definition) is 2. The molecule has 8 nitrogen and oxygen atoms in total. The van der Waals surface area contributed by atoms with Crippen LogP contribution in [0.5, 0.6) is 0 Å². The number of aliphatic hydroxyl groups excluding tert-OH is 1. The second-order valence-electron chi connectivity index (χ2n) is 9.91. The van der Waals surface area contributed by atoms with Crippen molar-refractivity contribution < 1.29 is 24.2 Å². The van der Waals surface area contributed by atoms with Gasteiger partial charge in [-0.15, -0.1) is 0 Å². The van der Waals surface area contributed by atoms with Crippen LogP contribution in [0.2, 0.25) is 0 Å². The minimum absolute atomic E-state index is 0.0470. The minimum atomic E-state index is -0.756. The van der Waals surface area contributed by atoms with E-state index in [0.29, 0.717) is 18.5 Å². The van der Waals surface area contributed by atoms with E-state index in [0.717, 1.165) is 0 Å². The summed E-state index contributed by atoms with van der Waals surface area (Å²) in [6, 6.07) is -1.56. The molecule has 0 radical (unpaired) electrons. The number of β-amino-alcohol motifs (C(OH)–C–C–N with tert-alkyl or cyclic N) is 1. The summed E-state index contributed by atoms with van der Waals surface area (Å²) in [6.07, 6.45) is 1.55. The van der Waals surface area contributed by atoms with Crippen LogP contribution in [0.15, 0.2) is 11.6 Å². The van der Waals surface area contributed by atoms with E-state index in [4.69, 9.17) is 4.74 Å². The van der Waals surface area contributed by atoms with Gasteiger partial charge in [-0.25, -0.2) is 4.79 Å².